The number of aryl methyl sites for hydroxylation is 2. The molecule has 0 bridgehead atoms. The first-order chi connectivity index (χ1) is 19.2. The number of anilines is 2. The van der Waals surface area contributed by atoms with Crippen molar-refractivity contribution in [3.63, 3.8) is 0 Å². The van der Waals surface area contributed by atoms with Gasteiger partial charge in [0.2, 0.25) is 0 Å². The Kier molecular flexibility index (Phi) is 8.26. The summed E-state index contributed by atoms with van der Waals surface area (Å²) in [5, 5.41) is 6.40. The molecule has 1 atom stereocenters. The number of H-pyrrole nitrogens is 1. The fourth-order valence-electron chi connectivity index (χ4n) is 6.08. The smallest absolute Gasteiger partial charge is 0.253 e. The molecular weight excluding hydrogens is 502 g/mol. The van der Waals surface area contributed by atoms with Crippen molar-refractivity contribution in [2.45, 2.75) is 85.0 Å². The van der Waals surface area contributed by atoms with E-state index in [1.165, 1.54) is 0 Å². The highest BCUT2D eigenvalue weighted by Crippen LogP contribution is 2.40. The Bertz CT molecular complexity index is 1420. The number of carbonyl (C=O) groups is 1. The van der Waals surface area contributed by atoms with Gasteiger partial charge in [0.1, 0.15) is 5.82 Å². The van der Waals surface area contributed by atoms with E-state index in [1.54, 1.807) is 0 Å². The molecule has 2 aromatic heterocycles. The van der Waals surface area contributed by atoms with Crippen molar-refractivity contribution < 1.29 is 9.53 Å². The lowest BCUT2D eigenvalue weighted by Crippen LogP contribution is -2.47. The molecular formula is C32H41N5O3. The number of rotatable bonds is 7. The molecule has 1 saturated heterocycles. The van der Waals surface area contributed by atoms with Gasteiger partial charge in [0.15, 0.2) is 0 Å². The molecule has 3 N–H and O–H groups in total. The zero-order valence-electron chi connectivity index (χ0n) is 24.3. The summed E-state index contributed by atoms with van der Waals surface area (Å²) in [4.78, 5) is 36.4. The van der Waals surface area contributed by atoms with Gasteiger partial charge < -0.3 is 25.3 Å². The van der Waals surface area contributed by atoms with E-state index in [0.717, 1.165) is 78.4 Å². The maximum Gasteiger partial charge on any atom is 0.253 e. The Morgan fingerprint density at radius 1 is 1.12 bits per heavy atom. The van der Waals surface area contributed by atoms with Crippen LogP contribution in [0.1, 0.15) is 72.8 Å². The summed E-state index contributed by atoms with van der Waals surface area (Å²) >= 11 is 0. The standard InChI is InChI=1S/C32H41N5O3/c1-19(2)35-30-9-7-23(17-33-30)24-15-27(31(38)34-18-28-20(3)14-21(4)36-32(28)39)26-8-6-22(5)37(29(26)16-24)25-10-12-40-13-11-25/h7,9,14-17,19,22,25H,6,8,10-13,18H2,1-5H3,(H,33,35)(H,34,38)(H,36,39). The van der Waals surface area contributed by atoms with E-state index in [0.29, 0.717) is 23.2 Å². The summed E-state index contributed by atoms with van der Waals surface area (Å²) in [6.07, 6.45) is 5.63. The summed E-state index contributed by atoms with van der Waals surface area (Å²) < 4.78 is 5.67. The highest BCUT2D eigenvalue weighted by Gasteiger charge is 2.33. The Balaban J connectivity index is 1.54. The highest BCUT2D eigenvalue weighted by molar-refractivity contribution is 5.99. The molecule has 5 rings (SSSR count). The number of nitrogens with one attached hydrogen (secondary N) is 3. The van der Waals surface area contributed by atoms with Crippen molar-refractivity contribution in [3.8, 4) is 11.1 Å². The third-order valence-corrected chi connectivity index (χ3v) is 8.07. The van der Waals surface area contributed by atoms with Gasteiger partial charge in [0, 0.05) is 72.2 Å². The van der Waals surface area contributed by atoms with Gasteiger partial charge in [0.25, 0.3) is 11.5 Å². The topological polar surface area (TPSA) is 99.3 Å². The predicted octanol–water partition coefficient (Wildman–Crippen LogP) is 5.12. The minimum absolute atomic E-state index is 0.158. The first-order valence-electron chi connectivity index (χ1n) is 14.4. The van der Waals surface area contributed by atoms with Crippen molar-refractivity contribution in [1.29, 1.82) is 0 Å². The average Bonchev–Trinajstić information content (AvgIpc) is 2.92. The van der Waals surface area contributed by atoms with Crippen LogP contribution >= 0.6 is 0 Å². The number of nitrogens with zero attached hydrogens (tertiary/aromatic N) is 2. The molecule has 8 heteroatoms. The number of benzene rings is 1. The van der Waals surface area contributed by atoms with Gasteiger partial charge in [-0.05, 0) is 107 Å². The minimum atomic E-state index is -0.162. The summed E-state index contributed by atoms with van der Waals surface area (Å²) in [6, 6.07) is 11.2. The second-order valence-corrected chi connectivity index (χ2v) is 11.5. The number of aromatic nitrogens is 2. The first-order valence-corrected chi connectivity index (χ1v) is 14.4. The van der Waals surface area contributed by atoms with Crippen molar-refractivity contribution in [1.82, 2.24) is 15.3 Å². The van der Waals surface area contributed by atoms with E-state index in [9.17, 15) is 9.59 Å². The van der Waals surface area contributed by atoms with Gasteiger partial charge >= 0.3 is 0 Å². The van der Waals surface area contributed by atoms with Gasteiger partial charge in [-0.2, -0.15) is 0 Å². The van der Waals surface area contributed by atoms with Crippen LogP contribution in [0.2, 0.25) is 0 Å². The molecule has 1 unspecified atom stereocenters. The van der Waals surface area contributed by atoms with Gasteiger partial charge in [-0.25, -0.2) is 4.98 Å². The molecule has 0 aliphatic carbocycles. The van der Waals surface area contributed by atoms with E-state index >= 15 is 0 Å². The number of pyridine rings is 2. The van der Waals surface area contributed by atoms with E-state index in [1.807, 2.05) is 38.2 Å². The molecule has 1 amide bonds. The van der Waals surface area contributed by atoms with Crippen LogP contribution in [0, 0.1) is 13.8 Å². The Labute approximate surface area is 236 Å². The molecule has 0 spiro atoms. The number of ether oxygens (including phenoxy) is 1. The average molecular weight is 544 g/mol. The molecule has 40 heavy (non-hydrogen) atoms. The fraction of sp³-hybridized carbons (Fsp3) is 0.469. The lowest BCUT2D eigenvalue weighted by molar-refractivity contribution is 0.0822. The number of carbonyl (C=O) groups excluding carboxylic acids is 1. The number of aromatic amines is 1. The Hall–Kier alpha value is -3.65. The second kappa shape index (κ2) is 11.8. The SMILES string of the molecule is Cc1cc(C)c(CNC(=O)c2cc(-c3ccc(NC(C)C)nc3)cc3c2CCC(C)N3C2CCOCC2)c(=O)[nH]1. The van der Waals surface area contributed by atoms with Crippen molar-refractivity contribution in [2.24, 2.45) is 0 Å². The summed E-state index contributed by atoms with van der Waals surface area (Å²) in [5.74, 6) is 0.663. The molecule has 8 nitrogen and oxygen atoms in total. The molecule has 2 aliphatic rings. The maximum atomic E-state index is 13.8. The van der Waals surface area contributed by atoms with Crippen LogP contribution in [0.4, 0.5) is 11.5 Å². The number of hydrogen-bond acceptors (Lipinski definition) is 6. The monoisotopic (exact) mass is 543 g/mol. The molecule has 3 aromatic rings. The second-order valence-electron chi connectivity index (χ2n) is 11.5. The van der Waals surface area contributed by atoms with Crippen molar-refractivity contribution in [3.05, 3.63) is 74.8 Å². The third-order valence-electron chi connectivity index (χ3n) is 8.07. The summed E-state index contributed by atoms with van der Waals surface area (Å²) in [5.41, 5.74) is 6.90. The zero-order valence-corrected chi connectivity index (χ0v) is 24.3. The van der Waals surface area contributed by atoms with Crippen LogP contribution in [0.3, 0.4) is 0 Å². The predicted molar refractivity (Wildman–Crippen MR) is 160 cm³/mol. The molecule has 2 aliphatic heterocycles. The first kappa shape index (κ1) is 27.9. The lowest BCUT2D eigenvalue weighted by atomic mass is 9.87. The Morgan fingerprint density at radius 3 is 2.58 bits per heavy atom. The quantitative estimate of drug-likeness (QED) is 0.382. The summed E-state index contributed by atoms with van der Waals surface area (Å²) in [6.45, 7) is 11.9. The zero-order chi connectivity index (χ0) is 28.4. The van der Waals surface area contributed by atoms with Crippen LogP contribution < -0.4 is 21.1 Å². The Morgan fingerprint density at radius 2 is 1.90 bits per heavy atom. The van der Waals surface area contributed by atoms with Crippen LogP contribution in [0.15, 0.2) is 41.3 Å². The lowest BCUT2D eigenvalue weighted by Gasteiger charge is -2.44. The summed E-state index contributed by atoms with van der Waals surface area (Å²) in [7, 11) is 0. The van der Waals surface area contributed by atoms with Crippen molar-refractivity contribution in [2.75, 3.05) is 23.4 Å². The van der Waals surface area contributed by atoms with Gasteiger partial charge in [-0.1, -0.05) is 0 Å². The van der Waals surface area contributed by atoms with Crippen LogP contribution in [-0.4, -0.2) is 47.2 Å². The molecule has 4 heterocycles. The van der Waals surface area contributed by atoms with E-state index < -0.39 is 0 Å². The molecule has 1 aromatic carbocycles. The maximum absolute atomic E-state index is 13.8. The van der Waals surface area contributed by atoms with E-state index in [4.69, 9.17) is 4.74 Å². The number of hydrogen-bond donors (Lipinski definition) is 3. The van der Waals surface area contributed by atoms with Crippen molar-refractivity contribution >= 4 is 17.4 Å². The van der Waals surface area contributed by atoms with Gasteiger partial charge in [-0.15, -0.1) is 0 Å². The third kappa shape index (κ3) is 5.92. The largest absolute Gasteiger partial charge is 0.381 e. The molecule has 0 saturated carbocycles. The van der Waals surface area contributed by atoms with Crippen LogP contribution in [0.25, 0.3) is 11.1 Å². The van der Waals surface area contributed by atoms with Crippen LogP contribution in [-0.2, 0) is 17.7 Å². The van der Waals surface area contributed by atoms with Gasteiger partial charge in [-0.3, -0.25) is 9.59 Å². The number of amides is 1. The normalized spacial score (nSPS) is 17.6. The van der Waals surface area contributed by atoms with E-state index in [-0.39, 0.29) is 24.1 Å². The van der Waals surface area contributed by atoms with E-state index in [2.05, 4.69) is 58.4 Å². The molecule has 0 radical (unpaired) electrons. The highest BCUT2D eigenvalue weighted by atomic mass is 16.5. The minimum Gasteiger partial charge on any atom is -0.381 e. The molecule has 1 fully saturated rings. The van der Waals surface area contributed by atoms with Gasteiger partial charge in [0.05, 0.1) is 0 Å². The van der Waals surface area contributed by atoms with Crippen LogP contribution in [0.5, 0.6) is 0 Å². The fourth-order valence-corrected chi connectivity index (χ4v) is 6.08. The number of fused-ring (bicyclic) bond motifs is 1. The molecule has 212 valence electrons.